The highest BCUT2D eigenvalue weighted by Crippen LogP contribution is 2.32. The van der Waals surface area contributed by atoms with E-state index in [9.17, 15) is 9.59 Å². The number of fused-ring (bicyclic) bond motifs is 2. The van der Waals surface area contributed by atoms with Gasteiger partial charge in [0.1, 0.15) is 17.9 Å². The highest BCUT2D eigenvalue weighted by atomic mass is 35.5. The highest BCUT2D eigenvalue weighted by molar-refractivity contribution is 6.32. The van der Waals surface area contributed by atoms with Crippen molar-refractivity contribution in [2.24, 2.45) is 0 Å². The summed E-state index contributed by atoms with van der Waals surface area (Å²) in [5, 5.41) is 12.2. The summed E-state index contributed by atoms with van der Waals surface area (Å²) in [5.74, 6) is -0.553. The molecular weight excluding hydrogens is 404 g/mol. The molecule has 0 aliphatic rings. The average molecular weight is 423 g/mol. The first-order valence-electron chi connectivity index (χ1n) is 9.50. The lowest BCUT2D eigenvalue weighted by Crippen LogP contribution is -2.12. The van der Waals surface area contributed by atoms with E-state index < -0.39 is 11.6 Å². The van der Waals surface area contributed by atoms with Crippen molar-refractivity contribution in [2.75, 3.05) is 0 Å². The van der Waals surface area contributed by atoms with E-state index >= 15 is 0 Å². The Morgan fingerprint density at radius 3 is 2.63 bits per heavy atom. The summed E-state index contributed by atoms with van der Waals surface area (Å²) in [4.78, 5) is 23.2. The normalized spacial score (nSPS) is 11.1. The molecule has 0 amide bonds. The molecule has 5 nitrogen and oxygen atoms in total. The van der Waals surface area contributed by atoms with Crippen LogP contribution in [0.5, 0.6) is 5.75 Å². The molecule has 0 saturated heterocycles. The first kappa shape index (κ1) is 20.0. The first-order chi connectivity index (χ1) is 14.4. The summed E-state index contributed by atoms with van der Waals surface area (Å²) >= 11 is 6.42. The molecule has 0 aliphatic heterocycles. The summed E-state index contributed by atoms with van der Waals surface area (Å²) in [7, 11) is 0. The van der Waals surface area contributed by atoms with Crippen LogP contribution in [-0.4, -0.2) is 11.1 Å². The van der Waals surface area contributed by atoms with Crippen LogP contribution in [0.4, 0.5) is 0 Å². The van der Waals surface area contributed by atoms with Gasteiger partial charge in [0.25, 0.3) is 0 Å². The first-order valence-corrected chi connectivity index (χ1v) is 9.88. The number of aliphatic carboxylic acids is 1. The molecule has 6 heteroatoms. The molecule has 0 saturated carbocycles. The Morgan fingerprint density at radius 2 is 1.87 bits per heavy atom. The van der Waals surface area contributed by atoms with Crippen molar-refractivity contribution >= 4 is 39.3 Å². The predicted molar refractivity (Wildman–Crippen MR) is 116 cm³/mol. The quantitative estimate of drug-likeness (QED) is 0.415. The molecule has 0 unspecified atom stereocenters. The maximum absolute atomic E-state index is 12.3. The number of hydrogen-bond acceptors (Lipinski definition) is 4. The monoisotopic (exact) mass is 422 g/mol. The van der Waals surface area contributed by atoms with Crippen LogP contribution in [0.3, 0.4) is 0 Å². The Kier molecular flexibility index (Phi) is 5.46. The molecule has 4 rings (SSSR count). The summed E-state index contributed by atoms with van der Waals surface area (Å²) in [6, 6.07) is 17.5. The maximum atomic E-state index is 12.3. The van der Waals surface area contributed by atoms with E-state index in [1.165, 1.54) is 0 Å². The minimum Gasteiger partial charge on any atom is -0.487 e. The fourth-order valence-corrected chi connectivity index (χ4v) is 3.73. The number of carbonyl (C=O) groups is 1. The van der Waals surface area contributed by atoms with E-state index in [0.717, 1.165) is 16.3 Å². The highest BCUT2D eigenvalue weighted by Gasteiger charge is 2.15. The Labute approximate surface area is 177 Å². The van der Waals surface area contributed by atoms with Crippen LogP contribution in [0.1, 0.15) is 23.1 Å². The fourth-order valence-electron chi connectivity index (χ4n) is 3.51. The zero-order valence-corrected chi connectivity index (χ0v) is 17.0. The van der Waals surface area contributed by atoms with Crippen molar-refractivity contribution in [3.63, 3.8) is 0 Å². The topological polar surface area (TPSA) is 76.7 Å². The Balaban J connectivity index is 1.62. The van der Waals surface area contributed by atoms with Gasteiger partial charge < -0.3 is 14.3 Å². The molecule has 0 bridgehead atoms. The predicted octanol–water partition coefficient (Wildman–Crippen LogP) is 5.50. The molecule has 4 aromatic rings. The molecule has 3 aromatic carbocycles. The van der Waals surface area contributed by atoms with Gasteiger partial charge >= 0.3 is 11.6 Å². The third-order valence-corrected chi connectivity index (χ3v) is 5.43. The zero-order chi connectivity index (χ0) is 21.3. The average Bonchev–Trinajstić information content (AvgIpc) is 2.72. The van der Waals surface area contributed by atoms with Gasteiger partial charge in [0.2, 0.25) is 0 Å². The third-order valence-electron chi connectivity index (χ3n) is 5.14. The summed E-state index contributed by atoms with van der Waals surface area (Å²) in [6.07, 6.45) is -0.0327. The smallest absolute Gasteiger partial charge is 0.339 e. The lowest BCUT2D eigenvalue weighted by molar-refractivity contribution is -0.136. The van der Waals surface area contributed by atoms with Gasteiger partial charge in [-0.15, -0.1) is 0 Å². The second-order valence-corrected chi connectivity index (χ2v) is 7.54. The minimum absolute atomic E-state index is 0.108. The molecule has 0 radical (unpaired) electrons. The molecule has 30 heavy (non-hydrogen) atoms. The molecule has 0 spiro atoms. The van der Waals surface area contributed by atoms with Gasteiger partial charge in [-0.25, -0.2) is 4.79 Å². The second-order valence-electron chi connectivity index (χ2n) is 7.14. The fraction of sp³-hybridized carbons (Fsp3) is 0.167. The Hall–Kier alpha value is -3.31. The van der Waals surface area contributed by atoms with Crippen LogP contribution in [0.25, 0.3) is 21.7 Å². The molecule has 1 N–H and O–H groups in total. The van der Waals surface area contributed by atoms with E-state index in [-0.39, 0.29) is 12.8 Å². The Bertz CT molecular complexity index is 1320. The number of hydrogen-bond donors (Lipinski definition) is 1. The standard InChI is InChI=1S/C24H19ClO5/c1-14-18(8-9-23(26)27)24(28)30-21-12-22(20(25)11-19(14)21)29-13-15-6-7-16-4-2-3-5-17(16)10-15/h2-7,10-12H,8-9,13H2,1H3,(H,26,27). The van der Waals surface area contributed by atoms with Gasteiger partial charge in [-0.05, 0) is 47.4 Å². The molecule has 1 aromatic heterocycles. The molecule has 0 fully saturated rings. The van der Waals surface area contributed by atoms with Gasteiger partial charge in [0, 0.05) is 23.4 Å². The van der Waals surface area contributed by atoms with Gasteiger partial charge in [0.05, 0.1) is 5.02 Å². The van der Waals surface area contributed by atoms with E-state index in [1.807, 2.05) is 30.3 Å². The van der Waals surface area contributed by atoms with Crippen molar-refractivity contribution in [1.29, 1.82) is 0 Å². The summed E-state index contributed by atoms with van der Waals surface area (Å²) in [5.41, 5.74) is 1.83. The van der Waals surface area contributed by atoms with Crippen molar-refractivity contribution in [1.82, 2.24) is 0 Å². The van der Waals surface area contributed by atoms with Crippen LogP contribution in [-0.2, 0) is 17.8 Å². The lowest BCUT2D eigenvalue weighted by atomic mass is 10.0. The van der Waals surface area contributed by atoms with Gasteiger partial charge in [0.15, 0.2) is 0 Å². The van der Waals surface area contributed by atoms with Crippen molar-refractivity contribution in [3.8, 4) is 5.75 Å². The van der Waals surface area contributed by atoms with Crippen molar-refractivity contribution in [2.45, 2.75) is 26.4 Å². The molecule has 1 heterocycles. The van der Waals surface area contributed by atoms with Crippen molar-refractivity contribution < 1.29 is 19.1 Å². The number of carboxylic acid groups (broad SMARTS) is 1. The largest absolute Gasteiger partial charge is 0.487 e. The lowest BCUT2D eigenvalue weighted by Gasteiger charge is -2.12. The van der Waals surface area contributed by atoms with E-state index in [4.69, 9.17) is 25.9 Å². The van der Waals surface area contributed by atoms with Crippen LogP contribution >= 0.6 is 11.6 Å². The number of benzene rings is 3. The third kappa shape index (κ3) is 4.02. The number of halogens is 1. The van der Waals surface area contributed by atoms with Gasteiger partial charge in [-0.2, -0.15) is 0 Å². The van der Waals surface area contributed by atoms with Crippen LogP contribution in [0, 0.1) is 6.92 Å². The number of carboxylic acids is 1. The van der Waals surface area contributed by atoms with Gasteiger partial charge in [-0.3, -0.25) is 4.79 Å². The molecule has 152 valence electrons. The second kappa shape index (κ2) is 8.20. The minimum atomic E-state index is -0.968. The Morgan fingerprint density at radius 1 is 1.10 bits per heavy atom. The van der Waals surface area contributed by atoms with Crippen LogP contribution < -0.4 is 10.4 Å². The maximum Gasteiger partial charge on any atom is 0.339 e. The zero-order valence-electron chi connectivity index (χ0n) is 16.3. The summed E-state index contributed by atoms with van der Waals surface area (Å²) in [6.45, 7) is 2.08. The van der Waals surface area contributed by atoms with E-state index in [2.05, 4.69) is 12.1 Å². The number of ether oxygens (including phenoxy) is 1. The van der Waals surface area contributed by atoms with Crippen LogP contribution in [0.15, 0.2) is 63.8 Å². The number of aryl methyl sites for hydroxylation is 1. The van der Waals surface area contributed by atoms with E-state index in [1.54, 1.807) is 19.1 Å². The molecule has 0 aliphatic carbocycles. The summed E-state index contributed by atoms with van der Waals surface area (Å²) < 4.78 is 11.3. The van der Waals surface area contributed by atoms with E-state index in [0.29, 0.717) is 39.5 Å². The molecular formula is C24H19ClO5. The van der Waals surface area contributed by atoms with Crippen LogP contribution in [0.2, 0.25) is 5.02 Å². The number of rotatable bonds is 6. The van der Waals surface area contributed by atoms with Gasteiger partial charge in [-0.1, -0.05) is 48.0 Å². The van der Waals surface area contributed by atoms with Crippen molar-refractivity contribution in [3.05, 3.63) is 86.7 Å². The molecule has 0 atom stereocenters. The SMILES string of the molecule is Cc1c(CCC(=O)O)c(=O)oc2cc(OCc3ccc4ccccc4c3)c(Cl)cc12.